The predicted octanol–water partition coefficient (Wildman–Crippen LogP) is 3.17. The highest BCUT2D eigenvalue weighted by molar-refractivity contribution is 5.63. The Kier molecular flexibility index (Phi) is 4.46. The Balaban J connectivity index is 2.59. The lowest BCUT2D eigenvalue weighted by Gasteiger charge is -2.05. The van der Waals surface area contributed by atoms with Crippen LogP contribution in [-0.4, -0.2) is 19.2 Å². The van der Waals surface area contributed by atoms with Gasteiger partial charge >= 0.3 is 0 Å². The highest BCUT2D eigenvalue weighted by Gasteiger charge is 2.07. The lowest BCUT2D eigenvalue weighted by molar-refractivity contribution is 0.0483. The number of hydrogen-bond donors (Lipinski definition) is 0. The molecule has 0 unspecified atom stereocenters. The third kappa shape index (κ3) is 4.23. The van der Waals surface area contributed by atoms with Gasteiger partial charge in [0.25, 0.3) is 6.43 Å². The summed E-state index contributed by atoms with van der Waals surface area (Å²) in [5.74, 6) is 0.688. The molecule has 0 aromatic rings. The van der Waals surface area contributed by atoms with Crippen molar-refractivity contribution in [1.82, 2.24) is 0 Å². The average Bonchev–Trinajstić information content (AvgIpc) is 2.39. The standard InChI is InChI=1S/C11H15F2NO/c1-8(2)9-3-4-11(14-6-5-9)15-7-10(12)13/h3-4,6,8,10H,5,7H2,1-2H3. The van der Waals surface area contributed by atoms with E-state index in [0.717, 1.165) is 6.42 Å². The largest absolute Gasteiger partial charge is 0.472 e. The molecule has 0 atom stereocenters. The van der Waals surface area contributed by atoms with Crippen molar-refractivity contribution in [2.24, 2.45) is 10.9 Å². The van der Waals surface area contributed by atoms with Crippen LogP contribution >= 0.6 is 0 Å². The van der Waals surface area contributed by atoms with Crippen LogP contribution in [0.2, 0.25) is 0 Å². The third-order valence-corrected chi connectivity index (χ3v) is 2.08. The van der Waals surface area contributed by atoms with Crippen molar-refractivity contribution in [3.05, 3.63) is 23.6 Å². The van der Waals surface area contributed by atoms with Crippen molar-refractivity contribution < 1.29 is 13.5 Å². The van der Waals surface area contributed by atoms with Gasteiger partial charge in [0.05, 0.1) is 0 Å². The minimum absolute atomic E-state index is 0.256. The van der Waals surface area contributed by atoms with Gasteiger partial charge in [0.15, 0.2) is 6.61 Å². The highest BCUT2D eigenvalue weighted by Crippen LogP contribution is 2.17. The molecule has 0 aromatic heterocycles. The Bertz CT molecular complexity index is 293. The Morgan fingerprint density at radius 3 is 2.73 bits per heavy atom. The van der Waals surface area contributed by atoms with Crippen molar-refractivity contribution in [1.29, 1.82) is 0 Å². The van der Waals surface area contributed by atoms with E-state index in [1.54, 1.807) is 12.3 Å². The second-order valence-electron chi connectivity index (χ2n) is 3.62. The van der Waals surface area contributed by atoms with Crippen LogP contribution < -0.4 is 0 Å². The Morgan fingerprint density at radius 1 is 1.40 bits per heavy atom. The number of rotatable bonds is 4. The summed E-state index contributed by atoms with van der Waals surface area (Å²) in [5, 5.41) is 0. The minimum Gasteiger partial charge on any atom is -0.472 e. The molecule has 0 N–H and O–H groups in total. The molecule has 0 aliphatic carbocycles. The molecule has 0 saturated heterocycles. The summed E-state index contributed by atoms with van der Waals surface area (Å²) in [6.07, 6.45) is 3.50. The topological polar surface area (TPSA) is 21.6 Å². The number of hydrogen-bond acceptors (Lipinski definition) is 2. The van der Waals surface area contributed by atoms with Crippen molar-refractivity contribution in [2.75, 3.05) is 6.61 Å². The van der Waals surface area contributed by atoms with E-state index in [4.69, 9.17) is 4.74 Å². The van der Waals surface area contributed by atoms with E-state index in [1.807, 2.05) is 6.08 Å². The fourth-order valence-corrected chi connectivity index (χ4v) is 1.19. The van der Waals surface area contributed by atoms with Crippen LogP contribution in [0.5, 0.6) is 0 Å². The fraction of sp³-hybridized carbons (Fsp3) is 0.545. The summed E-state index contributed by atoms with van der Waals surface area (Å²) in [5.41, 5.74) is 1.22. The van der Waals surface area contributed by atoms with Crippen LogP contribution in [0.3, 0.4) is 0 Å². The van der Waals surface area contributed by atoms with Crippen molar-refractivity contribution in [3.63, 3.8) is 0 Å². The zero-order chi connectivity index (χ0) is 11.3. The van der Waals surface area contributed by atoms with Gasteiger partial charge in [0.2, 0.25) is 5.88 Å². The monoisotopic (exact) mass is 215 g/mol. The van der Waals surface area contributed by atoms with E-state index in [-0.39, 0.29) is 5.88 Å². The lowest BCUT2D eigenvalue weighted by atomic mass is 10.0. The fourth-order valence-electron chi connectivity index (χ4n) is 1.19. The van der Waals surface area contributed by atoms with E-state index in [0.29, 0.717) is 5.92 Å². The molecule has 4 heteroatoms. The Hall–Kier alpha value is -1.19. The molecule has 0 aromatic carbocycles. The summed E-state index contributed by atoms with van der Waals surface area (Å²) < 4.78 is 28.6. The normalized spacial score (nSPS) is 16.4. The minimum atomic E-state index is -2.46. The number of aliphatic imine (C=N–C) groups is 1. The van der Waals surface area contributed by atoms with Gasteiger partial charge in [-0.15, -0.1) is 0 Å². The van der Waals surface area contributed by atoms with Crippen molar-refractivity contribution in [3.8, 4) is 0 Å². The summed E-state index contributed by atoms with van der Waals surface area (Å²) in [6.45, 7) is 3.56. The molecule has 0 saturated carbocycles. The summed E-state index contributed by atoms with van der Waals surface area (Å²) in [6, 6.07) is 0. The quantitative estimate of drug-likeness (QED) is 0.705. The van der Waals surface area contributed by atoms with Gasteiger partial charge < -0.3 is 4.74 Å². The molecule has 1 rings (SSSR count). The maximum absolute atomic E-state index is 11.9. The first-order valence-electron chi connectivity index (χ1n) is 4.94. The zero-order valence-corrected chi connectivity index (χ0v) is 8.91. The van der Waals surface area contributed by atoms with E-state index in [2.05, 4.69) is 18.8 Å². The van der Waals surface area contributed by atoms with Gasteiger partial charge in [-0.1, -0.05) is 25.5 Å². The highest BCUT2D eigenvalue weighted by atomic mass is 19.3. The van der Waals surface area contributed by atoms with Crippen LogP contribution in [0.1, 0.15) is 20.3 Å². The second kappa shape index (κ2) is 5.63. The molecule has 84 valence electrons. The van der Waals surface area contributed by atoms with Gasteiger partial charge in [0.1, 0.15) is 0 Å². The van der Waals surface area contributed by atoms with Crippen LogP contribution in [0.25, 0.3) is 0 Å². The smallest absolute Gasteiger partial charge is 0.272 e. The molecule has 2 nitrogen and oxygen atoms in total. The molecule has 0 radical (unpaired) electrons. The summed E-state index contributed by atoms with van der Waals surface area (Å²) >= 11 is 0. The van der Waals surface area contributed by atoms with Gasteiger partial charge in [0, 0.05) is 18.7 Å². The SMILES string of the molecule is CC(C)C1=CC=C(OCC(F)F)N=CC1. The number of nitrogens with zero attached hydrogens (tertiary/aromatic N) is 1. The third-order valence-electron chi connectivity index (χ3n) is 2.08. The number of halogens is 2. The molecule has 0 fully saturated rings. The first-order valence-corrected chi connectivity index (χ1v) is 4.94. The number of ether oxygens (including phenoxy) is 1. The maximum atomic E-state index is 11.9. The van der Waals surface area contributed by atoms with Crippen LogP contribution in [0.15, 0.2) is 28.6 Å². The van der Waals surface area contributed by atoms with Crippen molar-refractivity contribution >= 4 is 6.21 Å². The van der Waals surface area contributed by atoms with Crippen molar-refractivity contribution in [2.45, 2.75) is 26.7 Å². The first-order chi connectivity index (χ1) is 7.09. The van der Waals surface area contributed by atoms with E-state index >= 15 is 0 Å². The lowest BCUT2D eigenvalue weighted by Crippen LogP contribution is -2.02. The van der Waals surface area contributed by atoms with Crippen LogP contribution in [0, 0.1) is 5.92 Å². The number of allylic oxidation sites excluding steroid dienone is 3. The van der Waals surface area contributed by atoms with Gasteiger partial charge in [-0.05, 0) is 5.92 Å². The first kappa shape index (κ1) is 11.9. The van der Waals surface area contributed by atoms with E-state index in [9.17, 15) is 8.78 Å². The number of alkyl halides is 2. The Morgan fingerprint density at radius 2 is 2.13 bits per heavy atom. The maximum Gasteiger partial charge on any atom is 0.272 e. The molecule has 1 aliphatic rings. The molecule has 1 aliphatic heterocycles. The van der Waals surface area contributed by atoms with Crippen LogP contribution in [0.4, 0.5) is 8.78 Å². The van der Waals surface area contributed by atoms with Gasteiger partial charge in [-0.25, -0.2) is 13.8 Å². The Labute approximate surface area is 88.3 Å². The van der Waals surface area contributed by atoms with E-state index in [1.165, 1.54) is 5.57 Å². The second-order valence-corrected chi connectivity index (χ2v) is 3.62. The van der Waals surface area contributed by atoms with Gasteiger partial charge in [-0.2, -0.15) is 0 Å². The zero-order valence-electron chi connectivity index (χ0n) is 8.91. The van der Waals surface area contributed by atoms with Gasteiger partial charge in [-0.3, -0.25) is 0 Å². The molecule has 1 heterocycles. The molecular weight excluding hydrogens is 200 g/mol. The molecule has 0 spiro atoms. The van der Waals surface area contributed by atoms with E-state index < -0.39 is 13.0 Å². The average molecular weight is 215 g/mol. The molecule has 15 heavy (non-hydrogen) atoms. The molecule has 0 bridgehead atoms. The van der Waals surface area contributed by atoms with Crippen LogP contribution in [-0.2, 0) is 4.74 Å². The molecular formula is C11H15F2NO. The summed E-state index contributed by atoms with van der Waals surface area (Å²) in [4.78, 5) is 3.96. The predicted molar refractivity (Wildman–Crippen MR) is 56.1 cm³/mol. The summed E-state index contributed by atoms with van der Waals surface area (Å²) in [7, 11) is 0. The molecule has 0 amide bonds.